The molecule has 9 atom stereocenters. The minimum atomic E-state index is -1.50. The molecular weight excluding hydrogens is 460 g/mol. The summed E-state index contributed by atoms with van der Waals surface area (Å²) in [5.74, 6) is -1.09. The Balaban J connectivity index is 1.53. The van der Waals surface area contributed by atoms with Gasteiger partial charge >= 0.3 is 17.9 Å². The second-order valence-electron chi connectivity index (χ2n) is 12.8. The van der Waals surface area contributed by atoms with Crippen molar-refractivity contribution in [2.75, 3.05) is 13.2 Å². The molecule has 7 heteroatoms. The van der Waals surface area contributed by atoms with E-state index in [0.29, 0.717) is 24.2 Å². The van der Waals surface area contributed by atoms with Crippen LogP contribution in [0, 0.1) is 51.8 Å². The standard InChI is InChI=1S/C29H42O7/c1-7-34-24(32)29(25(33)35-8-2)22-21(31)15-17-9-10-18-19-12-14-27(5,36-16(3)30)26(19,4)13-11-20(18)28(17,6)23(22)29/h17-20,22-23H,7-15H2,1-6H3. The first-order valence-electron chi connectivity index (χ1n) is 14.0. The van der Waals surface area contributed by atoms with Gasteiger partial charge in [-0.05, 0) is 88.4 Å². The van der Waals surface area contributed by atoms with Gasteiger partial charge < -0.3 is 14.2 Å². The molecule has 0 aliphatic heterocycles. The molecule has 5 aliphatic carbocycles. The Labute approximate surface area is 214 Å². The lowest BCUT2D eigenvalue weighted by molar-refractivity contribution is -0.185. The summed E-state index contributed by atoms with van der Waals surface area (Å²) in [6.45, 7) is 11.9. The number of rotatable bonds is 5. The van der Waals surface area contributed by atoms with Crippen LogP contribution in [0.4, 0.5) is 0 Å². The largest absolute Gasteiger partial charge is 0.465 e. The lowest BCUT2D eigenvalue weighted by Crippen LogP contribution is -2.57. The van der Waals surface area contributed by atoms with Crippen LogP contribution < -0.4 is 0 Å². The molecule has 5 fully saturated rings. The Bertz CT molecular complexity index is 970. The number of carbonyl (C=O) groups is 4. The maximum atomic E-state index is 13.4. The van der Waals surface area contributed by atoms with Gasteiger partial charge in [0.25, 0.3) is 0 Å². The molecule has 0 bridgehead atoms. The predicted octanol–water partition coefficient (Wildman–Crippen LogP) is 4.50. The van der Waals surface area contributed by atoms with Crippen LogP contribution >= 0.6 is 0 Å². The molecule has 7 nitrogen and oxygen atoms in total. The highest BCUT2D eigenvalue weighted by Crippen LogP contribution is 2.79. The third kappa shape index (κ3) is 3.03. The third-order valence-corrected chi connectivity index (χ3v) is 11.8. The van der Waals surface area contributed by atoms with E-state index in [0.717, 1.165) is 38.5 Å². The lowest BCUT2D eigenvalue weighted by Gasteiger charge is -2.61. The molecule has 0 heterocycles. The molecule has 36 heavy (non-hydrogen) atoms. The van der Waals surface area contributed by atoms with E-state index in [1.54, 1.807) is 13.8 Å². The van der Waals surface area contributed by atoms with E-state index in [9.17, 15) is 19.2 Å². The highest BCUT2D eigenvalue weighted by atomic mass is 16.6. The highest BCUT2D eigenvalue weighted by Gasteiger charge is 2.86. The Hall–Kier alpha value is -1.92. The van der Waals surface area contributed by atoms with Gasteiger partial charge in [0.15, 0.2) is 5.41 Å². The maximum absolute atomic E-state index is 13.4. The van der Waals surface area contributed by atoms with Gasteiger partial charge in [0.1, 0.15) is 11.4 Å². The number of Topliss-reactive ketones (excluding diaryl/α,β-unsaturated/α-hetero) is 1. The van der Waals surface area contributed by atoms with Gasteiger partial charge in [-0.2, -0.15) is 0 Å². The van der Waals surface area contributed by atoms with Crippen molar-refractivity contribution in [2.24, 2.45) is 51.8 Å². The van der Waals surface area contributed by atoms with Crippen LogP contribution in [0.1, 0.15) is 86.5 Å². The van der Waals surface area contributed by atoms with E-state index in [1.165, 1.54) is 6.92 Å². The summed E-state index contributed by atoms with van der Waals surface area (Å²) in [6.07, 6.45) is 6.13. The lowest BCUT2D eigenvalue weighted by atomic mass is 9.44. The second kappa shape index (κ2) is 8.29. The SMILES string of the molecule is CCOC(=O)C1(C(=O)OCC)C2C(=O)CC3CCC4C(CCC5(C)C4CCC5(C)OC(C)=O)C3(C)C21. The van der Waals surface area contributed by atoms with E-state index >= 15 is 0 Å². The second-order valence-corrected chi connectivity index (χ2v) is 12.8. The summed E-state index contributed by atoms with van der Waals surface area (Å²) in [4.78, 5) is 52.2. The van der Waals surface area contributed by atoms with Crippen molar-refractivity contribution < 1.29 is 33.4 Å². The van der Waals surface area contributed by atoms with Crippen molar-refractivity contribution in [3.05, 3.63) is 0 Å². The van der Waals surface area contributed by atoms with E-state index in [1.807, 2.05) is 0 Å². The normalized spacial score (nSPS) is 45.9. The molecule has 0 spiro atoms. The monoisotopic (exact) mass is 502 g/mol. The van der Waals surface area contributed by atoms with Gasteiger partial charge in [0.05, 0.1) is 13.2 Å². The maximum Gasteiger partial charge on any atom is 0.324 e. The fourth-order valence-corrected chi connectivity index (χ4v) is 10.1. The molecule has 0 aromatic rings. The fraction of sp³-hybridized carbons (Fsp3) is 0.862. The molecule has 0 aromatic carbocycles. The molecule has 0 aromatic heterocycles. The summed E-state index contributed by atoms with van der Waals surface area (Å²) < 4.78 is 16.9. The van der Waals surface area contributed by atoms with Gasteiger partial charge in [-0.15, -0.1) is 0 Å². The summed E-state index contributed by atoms with van der Waals surface area (Å²) in [6, 6.07) is 0. The molecular formula is C29H42O7. The zero-order chi connectivity index (χ0) is 26.3. The Morgan fingerprint density at radius 3 is 2.08 bits per heavy atom. The fourth-order valence-electron chi connectivity index (χ4n) is 10.1. The third-order valence-electron chi connectivity index (χ3n) is 11.8. The predicted molar refractivity (Wildman–Crippen MR) is 130 cm³/mol. The molecule has 0 amide bonds. The van der Waals surface area contributed by atoms with Crippen LogP contribution in [0.2, 0.25) is 0 Å². The van der Waals surface area contributed by atoms with Crippen molar-refractivity contribution in [1.82, 2.24) is 0 Å². The van der Waals surface area contributed by atoms with Crippen LogP contribution in [0.15, 0.2) is 0 Å². The molecule has 5 aliphatic rings. The van der Waals surface area contributed by atoms with E-state index < -0.39 is 28.9 Å². The van der Waals surface area contributed by atoms with Crippen LogP contribution in [-0.2, 0) is 33.4 Å². The molecule has 200 valence electrons. The van der Waals surface area contributed by atoms with Crippen LogP contribution in [0.3, 0.4) is 0 Å². The van der Waals surface area contributed by atoms with Gasteiger partial charge in [-0.3, -0.25) is 19.2 Å². The smallest absolute Gasteiger partial charge is 0.324 e. The van der Waals surface area contributed by atoms with Gasteiger partial charge in [-0.25, -0.2) is 0 Å². The highest BCUT2D eigenvalue weighted by molar-refractivity contribution is 6.11. The van der Waals surface area contributed by atoms with Crippen molar-refractivity contribution in [1.29, 1.82) is 0 Å². The zero-order valence-electron chi connectivity index (χ0n) is 22.7. The molecule has 0 saturated heterocycles. The van der Waals surface area contributed by atoms with E-state index in [4.69, 9.17) is 14.2 Å². The first kappa shape index (κ1) is 25.7. The van der Waals surface area contributed by atoms with Crippen molar-refractivity contribution in [2.45, 2.75) is 92.1 Å². The number of esters is 3. The average molecular weight is 503 g/mol. The number of ether oxygens (including phenoxy) is 3. The number of carbonyl (C=O) groups excluding carboxylic acids is 4. The van der Waals surface area contributed by atoms with Crippen LogP contribution in [-0.4, -0.2) is 42.5 Å². The number of hydrogen-bond acceptors (Lipinski definition) is 7. The summed E-state index contributed by atoms with van der Waals surface area (Å²) >= 11 is 0. The van der Waals surface area contributed by atoms with Crippen LogP contribution in [0.5, 0.6) is 0 Å². The Kier molecular flexibility index (Phi) is 5.92. The summed E-state index contributed by atoms with van der Waals surface area (Å²) in [7, 11) is 0. The topological polar surface area (TPSA) is 96.0 Å². The van der Waals surface area contributed by atoms with Gasteiger partial charge in [-0.1, -0.05) is 13.8 Å². The average Bonchev–Trinajstić information content (AvgIpc) is 3.46. The molecule has 0 radical (unpaired) electrons. The summed E-state index contributed by atoms with van der Waals surface area (Å²) in [5.41, 5.74) is -2.40. The molecule has 5 saturated carbocycles. The van der Waals surface area contributed by atoms with E-state index in [-0.39, 0.29) is 47.6 Å². The van der Waals surface area contributed by atoms with Crippen LogP contribution in [0.25, 0.3) is 0 Å². The quantitative estimate of drug-likeness (QED) is 0.310. The Morgan fingerprint density at radius 1 is 0.889 bits per heavy atom. The van der Waals surface area contributed by atoms with Gasteiger partial charge in [0.2, 0.25) is 0 Å². The molecule has 0 N–H and O–H groups in total. The number of fused-ring (bicyclic) bond motifs is 7. The zero-order valence-corrected chi connectivity index (χ0v) is 22.7. The molecule has 9 unspecified atom stereocenters. The van der Waals surface area contributed by atoms with Crippen molar-refractivity contribution in [3.63, 3.8) is 0 Å². The minimum absolute atomic E-state index is 0.0194. The number of ketones is 1. The molecule has 5 rings (SSSR count). The van der Waals surface area contributed by atoms with E-state index in [2.05, 4.69) is 20.8 Å². The minimum Gasteiger partial charge on any atom is -0.465 e. The number of hydrogen-bond donors (Lipinski definition) is 0. The first-order valence-corrected chi connectivity index (χ1v) is 14.0. The Morgan fingerprint density at radius 2 is 1.50 bits per heavy atom. The van der Waals surface area contributed by atoms with Crippen molar-refractivity contribution >= 4 is 23.7 Å². The van der Waals surface area contributed by atoms with Crippen molar-refractivity contribution in [3.8, 4) is 0 Å². The van der Waals surface area contributed by atoms with Gasteiger partial charge in [0, 0.05) is 30.6 Å². The first-order chi connectivity index (χ1) is 16.9. The summed E-state index contributed by atoms with van der Waals surface area (Å²) in [5, 5.41) is 0.